The van der Waals surface area contributed by atoms with Gasteiger partial charge >= 0.3 is 0 Å². The van der Waals surface area contributed by atoms with E-state index in [1.165, 1.54) is 6.07 Å². The summed E-state index contributed by atoms with van der Waals surface area (Å²) in [6.45, 7) is 9.70. The van der Waals surface area contributed by atoms with Gasteiger partial charge in [-0.25, -0.2) is 4.39 Å². The van der Waals surface area contributed by atoms with Crippen molar-refractivity contribution in [1.29, 1.82) is 5.26 Å². The van der Waals surface area contributed by atoms with Gasteiger partial charge in [0.05, 0.1) is 23.2 Å². The molecule has 1 aromatic carbocycles. The normalized spacial score (nSPS) is 14.2. The van der Waals surface area contributed by atoms with Gasteiger partial charge in [0.25, 0.3) is 0 Å². The first kappa shape index (κ1) is 22.6. The molecule has 1 heterocycles. The molecule has 0 radical (unpaired) electrons. The van der Waals surface area contributed by atoms with Crippen LogP contribution in [0.4, 0.5) is 4.39 Å². The molecule has 0 amide bonds. The molecular formula is C27H25FN4. The maximum Gasteiger partial charge on any atom is 0.141 e. The summed E-state index contributed by atoms with van der Waals surface area (Å²) >= 11 is 0. The number of hydrogen-bond acceptors (Lipinski definition) is 4. The Morgan fingerprint density at radius 2 is 2.03 bits per heavy atom. The summed E-state index contributed by atoms with van der Waals surface area (Å²) in [4.78, 5) is 10.9. The Morgan fingerprint density at radius 3 is 2.72 bits per heavy atom. The predicted octanol–water partition coefficient (Wildman–Crippen LogP) is 6.07. The third kappa shape index (κ3) is 4.50. The van der Waals surface area contributed by atoms with Crippen molar-refractivity contribution in [2.24, 2.45) is 4.99 Å². The van der Waals surface area contributed by atoms with E-state index in [2.05, 4.69) is 29.2 Å². The Bertz CT molecular complexity index is 1210. The van der Waals surface area contributed by atoms with Crippen LogP contribution in [0.15, 0.2) is 90.5 Å². The molecule has 0 aliphatic heterocycles. The molecule has 3 rings (SSSR count). The summed E-state index contributed by atoms with van der Waals surface area (Å²) in [5.41, 5.74) is 5.90. The molecule has 2 aromatic rings. The average Bonchev–Trinajstić information content (AvgIpc) is 2.82. The van der Waals surface area contributed by atoms with Crippen molar-refractivity contribution in [1.82, 2.24) is 9.88 Å². The maximum absolute atomic E-state index is 14.3. The standard InChI is InChI=1S/C27H25FN4/c1-5-19(22-11-8-12-25(28)24(22)17-29)16-23-26(32(4)21(6-2)18-30-7-3)14-13-20-10-9-15-31-27(20)23/h5-12,15-16,18H,1-2,13-14H2,3-4H3/b19-16+,21-18+,30-7?. The number of aliphatic imine (C=N–C) groups is 1. The highest BCUT2D eigenvalue weighted by Crippen LogP contribution is 2.36. The van der Waals surface area contributed by atoms with Crippen molar-refractivity contribution in [3.8, 4) is 6.07 Å². The molecule has 160 valence electrons. The monoisotopic (exact) mass is 424 g/mol. The van der Waals surface area contributed by atoms with Crippen LogP contribution in [0.1, 0.15) is 35.7 Å². The summed E-state index contributed by atoms with van der Waals surface area (Å²) in [5.74, 6) is -0.555. The van der Waals surface area contributed by atoms with E-state index in [4.69, 9.17) is 0 Å². The minimum absolute atomic E-state index is 0.00447. The number of nitrogens with zero attached hydrogens (tertiary/aromatic N) is 4. The van der Waals surface area contributed by atoms with Crippen molar-refractivity contribution in [2.45, 2.75) is 19.8 Å². The van der Waals surface area contributed by atoms with E-state index in [1.807, 2.05) is 37.1 Å². The van der Waals surface area contributed by atoms with E-state index in [9.17, 15) is 9.65 Å². The van der Waals surface area contributed by atoms with E-state index in [0.29, 0.717) is 11.1 Å². The molecule has 1 aliphatic rings. The molecule has 0 fully saturated rings. The van der Waals surface area contributed by atoms with Gasteiger partial charge in [-0.05, 0) is 55.2 Å². The third-order valence-corrected chi connectivity index (χ3v) is 5.40. The fourth-order valence-electron chi connectivity index (χ4n) is 3.77. The molecule has 0 unspecified atom stereocenters. The smallest absolute Gasteiger partial charge is 0.141 e. The first-order chi connectivity index (χ1) is 15.5. The molecule has 0 bridgehead atoms. The predicted molar refractivity (Wildman–Crippen MR) is 129 cm³/mol. The maximum atomic E-state index is 14.3. The van der Waals surface area contributed by atoms with E-state index in [0.717, 1.165) is 41.1 Å². The molecule has 32 heavy (non-hydrogen) atoms. The van der Waals surface area contributed by atoms with Crippen molar-refractivity contribution in [3.05, 3.63) is 114 Å². The number of benzene rings is 1. The zero-order valence-corrected chi connectivity index (χ0v) is 18.3. The van der Waals surface area contributed by atoms with Crippen LogP contribution in [0, 0.1) is 17.1 Å². The number of halogens is 1. The van der Waals surface area contributed by atoms with Gasteiger partial charge in [0.15, 0.2) is 0 Å². The number of hydrogen-bond donors (Lipinski definition) is 0. The van der Waals surface area contributed by atoms with Gasteiger partial charge in [0, 0.05) is 36.3 Å². The lowest BCUT2D eigenvalue weighted by molar-refractivity contribution is 0.506. The zero-order valence-electron chi connectivity index (χ0n) is 18.3. The summed E-state index contributed by atoms with van der Waals surface area (Å²) in [6, 6.07) is 10.6. The van der Waals surface area contributed by atoms with Crippen LogP contribution < -0.4 is 0 Å². The Kier molecular flexibility index (Phi) is 7.30. The van der Waals surface area contributed by atoms with E-state index in [1.54, 1.807) is 42.9 Å². The topological polar surface area (TPSA) is 52.3 Å². The van der Waals surface area contributed by atoms with Gasteiger partial charge < -0.3 is 4.90 Å². The SMILES string of the molecule is C=C/C(=C\C1=C(N(C)/C(C=C)=C/N=CC)CCc2cccnc21)c1cccc(F)c1C#N. The highest BCUT2D eigenvalue weighted by Gasteiger charge is 2.23. The van der Waals surface area contributed by atoms with E-state index < -0.39 is 5.82 Å². The van der Waals surface area contributed by atoms with Gasteiger partial charge in [0.2, 0.25) is 0 Å². The van der Waals surface area contributed by atoms with E-state index in [-0.39, 0.29) is 5.56 Å². The Balaban J connectivity index is 2.27. The number of pyridine rings is 1. The van der Waals surface area contributed by atoms with Crippen molar-refractivity contribution in [3.63, 3.8) is 0 Å². The number of fused-ring (bicyclic) bond motifs is 1. The molecule has 0 saturated carbocycles. The van der Waals surface area contributed by atoms with Crippen molar-refractivity contribution >= 4 is 17.4 Å². The molecule has 0 atom stereocenters. The van der Waals surface area contributed by atoms with E-state index >= 15 is 0 Å². The molecule has 1 aromatic heterocycles. The summed E-state index contributed by atoms with van der Waals surface area (Å²) in [6.07, 6.45) is 12.2. The second-order valence-corrected chi connectivity index (χ2v) is 7.17. The van der Waals surface area contributed by atoms with Gasteiger partial charge in [-0.1, -0.05) is 37.4 Å². The number of aryl methyl sites for hydroxylation is 1. The summed E-state index contributed by atoms with van der Waals surface area (Å²) in [5, 5.41) is 9.52. The summed E-state index contributed by atoms with van der Waals surface area (Å²) < 4.78 is 14.3. The third-order valence-electron chi connectivity index (χ3n) is 5.40. The molecule has 1 aliphatic carbocycles. The largest absolute Gasteiger partial charge is 0.346 e. The van der Waals surface area contributed by atoms with Gasteiger partial charge in [-0.15, -0.1) is 0 Å². The zero-order chi connectivity index (χ0) is 23.1. The number of aromatic nitrogens is 1. The van der Waals surface area contributed by atoms with Crippen LogP contribution in [0.5, 0.6) is 0 Å². The second kappa shape index (κ2) is 10.3. The fourth-order valence-corrected chi connectivity index (χ4v) is 3.77. The van der Waals surface area contributed by atoms with Crippen molar-refractivity contribution in [2.75, 3.05) is 7.05 Å². The lowest BCUT2D eigenvalue weighted by Gasteiger charge is -2.30. The van der Waals surface area contributed by atoms with Gasteiger partial charge in [0.1, 0.15) is 11.9 Å². The fraction of sp³-hybridized carbons (Fsp3) is 0.148. The minimum Gasteiger partial charge on any atom is -0.346 e. The Hall–Kier alpha value is -4.04. The molecular weight excluding hydrogens is 399 g/mol. The van der Waals surface area contributed by atoms with Crippen LogP contribution in [-0.4, -0.2) is 23.1 Å². The average molecular weight is 425 g/mol. The van der Waals surface area contributed by atoms with Crippen LogP contribution in [0.25, 0.3) is 11.1 Å². The first-order valence-electron chi connectivity index (χ1n) is 10.3. The number of rotatable bonds is 7. The number of allylic oxidation sites excluding steroid dienone is 6. The van der Waals surface area contributed by atoms with Crippen LogP contribution in [-0.2, 0) is 6.42 Å². The van der Waals surface area contributed by atoms with Crippen molar-refractivity contribution < 1.29 is 4.39 Å². The van der Waals surface area contributed by atoms with Crippen LogP contribution in [0.2, 0.25) is 0 Å². The molecule has 0 spiro atoms. The summed E-state index contributed by atoms with van der Waals surface area (Å²) in [7, 11) is 1.96. The number of nitriles is 1. The van der Waals surface area contributed by atoms with Crippen LogP contribution in [0.3, 0.4) is 0 Å². The molecule has 0 N–H and O–H groups in total. The lowest BCUT2D eigenvalue weighted by Crippen LogP contribution is -2.21. The molecule has 0 saturated heterocycles. The second-order valence-electron chi connectivity index (χ2n) is 7.17. The molecule has 4 nitrogen and oxygen atoms in total. The minimum atomic E-state index is -0.555. The highest BCUT2D eigenvalue weighted by atomic mass is 19.1. The Labute approximate surface area is 188 Å². The number of likely N-dealkylation sites (N-methyl/N-ethyl adjacent to an activating group) is 1. The Morgan fingerprint density at radius 1 is 1.22 bits per heavy atom. The quantitative estimate of drug-likeness (QED) is 0.400. The van der Waals surface area contributed by atoms with Gasteiger partial charge in [-0.2, -0.15) is 5.26 Å². The van der Waals surface area contributed by atoms with Gasteiger partial charge in [-0.3, -0.25) is 9.98 Å². The van der Waals surface area contributed by atoms with Crippen LogP contribution >= 0.6 is 0 Å². The highest BCUT2D eigenvalue weighted by molar-refractivity contribution is 5.90. The first-order valence-corrected chi connectivity index (χ1v) is 10.3. The molecule has 5 heteroatoms. The lowest BCUT2D eigenvalue weighted by atomic mass is 9.89.